The Balaban J connectivity index is 3.23. The zero-order chi connectivity index (χ0) is 13.8. The summed E-state index contributed by atoms with van der Waals surface area (Å²) in [4.78, 5) is 22.7. The van der Waals surface area contributed by atoms with Crippen molar-refractivity contribution in [2.24, 2.45) is 0 Å². The molecule has 1 atom stereocenters. The van der Waals surface area contributed by atoms with Crippen molar-refractivity contribution in [3.63, 3.8) is 0 Å². The lowest BCUT2D eigenvalue weighted by atomic mass is 9.87. The number of aliphatic carboxylic acids is 1. The molecule has 0 saturated carbocycles. The summed E-state index contributed by atoms with van der Waals surface area (Å²) in [6.45, 7) is 3.02. The van der Waals surface area contributed by atoms with Gasteiger partial charge in [-0.3, -0.25) is 4.79 Å². The lowest BCUT2D eigenvalue weighted by Gasteiger charge is -2.29. The van der Waals surface area contributed by atoms with Gasteiger partial charge in [0.05, 0.1) is 7.11 Å². The second kappa shape index (κ2) is 5.53. The smallest absolute Gasteiger partial charge is 0.334 e. The van der Waals surface area contributed by atoms with Crippen LogP contribution in [-0.2, 0) is 15.1 Å². The maximum absolute atomic E-state index is 11.5. The predicted molar refractivity (Wildman–Crippen MR) is 66.4 cm³/mol. The molecule has 0 radical (unpaired) electrons. The van der Waals surface area contributed by atoms with Crippen molar-refractivity contribution in [3.05, 3.63) is 29.8 Å². The van der Waals surface area contributed by atoms with Crippen LogP contribution in [0.25, 0.3) is 0 Å². The van der Waals surface area contributed by atoms with Crippen LogP contribution in [-0.4, -0.2) is 24.1 Å². The normalized spacial score (nSPS) is 13.5. The number of carbonyl (C=O) groups is 2. The summed E-state index contributed by atoms with van der Waals surface area (Å²) in [7, 11) is 1.53. The van der Waals surface area contributed by atoms with Crippen molar-refractivity contribution in [1.82, 2.24) is 5.32 Å². The lowest BCUT2D eigenvalue weighted by Crippen LogP contribution is -2.50. The number of hydrogen-bond acceptors (Lipinski definition) is 3. The molecule has 0 aliphatic carbocycles. The lowest BCUT2D eigenvalue weighted by molar-refractivity contribution is -0.148. The third-order valence-electron chi connectivity index (χ3n) is 2.87. The maximum atomic E-state index is 11.5. The van der Waals surface area contributed by atoms with Gasteiger partial charge >= 0.3 is 5.97 Å². The first-order chi connectivity index (χ1) is 8.46. The fourth-order valence-electron chi connectivity index (χ4n) is 1.87. The van der Waals surface area contributed by atoms with Gasteiger partial charge in [0, 0.05) is 6.92 Å². The molecule has 18 heavy (non-hydrogen) atoms. The molecule has 1 aromatic carbocycles. The van der Waals surface area contributed by atoms with Crippen molar-refractivity contribution in [1.29, 1.82) is 0 Å². The summed E-state index contributed by atoms with van der Waals surface area (Å²) in [6, 6.07) is 6.63. The van der Waals surface area contributed by atoms with Crippen molar-refractivity contribution < 1.29 is 19.4 Å². The third-order valence-corrected chi connectivity index (χ3v) is 2.87. The minimum atomic E-state index is -1.39. The first-order valence-corrected chi connectivity index (χ1v) is 5.63. The van der Waals surface area contributed by atoms with Gasteiger partial charge in [0.25, 0.3) is 0 Å². The molecular formula is C13H17NO4. The zero-order valence-corrected chi connectivity index (χ0v) is 10.7. The number of hydrogen-bond donors (Lipinski definition) is 2. The first kappa shape index (κ1) is 14.0. The molecule has 1 unspecified atom stereocenters. The quantitative estimate of drug-likeness (QED) is 0.832. The molecule has 0 fully saturated rings. The summed E-state index contributed by atoms with van der Waals surface area (Å²) in [5, 5.41) is 11.9. The SMILES string of the molecule is CCC(NC(C)=O)(C(=O)O)c1ccc(OC)cc1. The summed E-state index contributed by atoms with van der Waals surface area (Å²) in [6.07, 6.45) is 0.258. The van der Waals surface area contributed by atoms with Crippen LogP contribution in [0.15, 0.2) is 24.3 Å². The predicted octanol–water partition coefficient (Wildman–Crippen LogP) is 1.52. The van der Waals surface area contributed by atoms with E-state index < -0.39 is 11.5 Å². The Morgan fingerprint density at radius 3 is 2.22 bits per heavy atom. The van der Waals surface area contributed by atoms with Crippen LogP contribution < -0.4 is 10.1 Å². The van der Waals surface area contributed by atoms with Crippen LogP contribution in [0, 0.1) is 0 Å². The highest BCUT2D eigenvalue weighted by Gasteiger charge is 2.39. The van der Waals surface area contributed by atoms with Gasteiger partial charge < -0.3 is 15.2 Å². The van der Waals surface area contributed by atoms with Gasteiger partial charge in [0.1, 0.15) is 5.75 Å². The summed E-state index contributed by atoms with van der Waals surface area (Å²) in [5.74, 6) is -0.822. The molecule has 1 amide bonds. The highest BCUT2D eigenvalue weighted by atomic mass is 16.5. The number of benzene rings is 1. The molecule has 0 heterocycles. The monoisotopic (exact) mass is 251 g/mol. The van der Waals surface area contributed by atoms with Crippen molar-refractivity contribution in [2.45, 2.75) is 25.8 Å². The number of methoxy groups -OCH3 is 1. The number of rotatable bonds is 5. The molecule has 2 N–H and O–H groups in total. The second-order valence-electron chi connectivity index (χ2n) is 3.97. The summed E-state index contributed by atoms with van der Waals surface area (Å²) >= 11 is 0. The fraction of sp³-hybridized carbons (Fsp3) is 0.385. The van der Waals surface area contributed by atoms with Crippen LogP contribution in [0.5, 0.6) is 5.75 Å². The van der Waals surface area contributed by atoms with Crippen molar-refractivity contribution in [3.8, 4) is 5.75 Å². The highest BCUT2D eigenvalue weighted by Crippen LogP contribution is 2.27. The highest BCUT2D eigenvalue weighted by molar-refractivity contribution is 5.87. The molecule has 0 aromatic heterocycles. The van der Waals surface area contributed by atoms with Gasteiger partial charge in [0.2, 0.25) is 5.91 Å². The van der Waals surface area contributed by atoms with E-state index in [2.05, 4.69) is 5.32 Å². The Hall–Kier alpha value is -2.04. The van der Waals surface area contributed by atoms with E-state index in [9.17, 15) is 14.7 Å². The number of nitrogens with one attached hydrogen (secondary N) is 1. The van der Waals surface area contributed by atoms with Crippen LogP contribution >= 0.6 is 0 Å². The average molecular weight is 251 g/mol. The Labute approximate surface area is 106 Å². The molecule has 0 aliphatic heterocycles. The largest absolute Gasteiger partial charge is 0.497 e. The Morgan fingerprint density at radius 1 is 1.33 bits per heavy atom. The van der Waals surface area contributed by atoms with E-state index in [-0.39, 0.29) is 12.3 Å². The van der Waals surface area contributed by atoms with E-state index in [0.717, 1.165) is 0 Å². The van der Waals surface area contributed by atoms with Crippen LogP contribution in [0.4, 0.5) is 0 Å². The molecule has 98 valence electrons. The van der Waals surface area contributed by atoms with Gasteiger partial charge in [-0.1, -0.05) is 19.1 Å². The first-order valence-electron chi connectivity index (χ1n) is 5.63. The van der Waals surface area contributed by atoms with Crippen LogP contribution in [0.3, 0.4) is 0 Å². The van der Waals surface area contributed by atoms with Gasteiger partial charge in [0.15, 0.2) is 5.54 Å². The Morgan fingerprint density at radius 2 is 1.89 bits per heavy atom. The summed E-state index contributed by atoms with van der Waals surface area (Å²) < 4.78 is 5.02. The number of amides is 1. The molecular weight excluding hydrogens is 234 g/mol. The molecule has 0 saturated heterocycles. The number of carboxylic acid groups (broad SMARTS) is 1. The average Bonchev–Trinajstić information content (AvgIpc) is 2.35. The third kappa shape index (κ3) is 2.61. The Bertz CT molecular complexity index is 441. The molecule has 1 rings (SSSR count). The van der Waals surface area contributed by atoms with Crippen molar-refractivity contribution in [2.75, 3.05) is 7.11 Å². The molecule has 1 aromatic rings. The molecule has 0 bridgehead atoms. The minimum absolute atomic E-state index is 0.258. The number of carbonyl (C=O) groups excluding carboxylic acids is 1. The van der Waals surface area contributed by atoms with E-state index >= 15 is 0 Å². The molecule has 5 heteroatoms. The topological polar surface area (TPSA) is 75.6 Å². The van der Waals surface area contributed by atoms with E-state index in [4.69, 9.17) is 4.74 Å². The maximum Gasteiger partial charge on any atom is 0.334 e. The van der Waals surface area contributed by atoms with Gasteiger partial charge in [-0.05, 0) is 24.1 Å². The van der Waals surface area contributed by atoms with Gasteiger partial charge in [-0.2, -0.15) is 0 Å². The van der Waals surface area contributed by atoms with E-state index in [0.29, 0.717) is 11.3 Å². The molecule has 5 nitrogen and oxygen atoms in total. The minimum Gasteiger partial charge on any atom is -0.497 e. The van der Waals surface area contributed by atoms with E-state index in [1.165, 1.54) is 14.0 Å². The fourth-order valence-corrected chi connectivity index (χ4v) is 1.87. The van der Waals surface area contributed by atoms with Crippen LogP contribution in [0.1, 0.15) is 25.8 Å². The van der Waals surface area contributed by atoms with Gasteiger partial charge in [-0.25, -0.2) is 4.79 Å². The standard InChI is InChI=1S/C13H17NO4/c1-4-13(12(16)17,14-9(2)15)10-5-7-11(18-3)8-6-10/h5-8H,4H2,1-3H3,(H,14,15)(H,16,17). The van der Waals surface area contributed by atoms with Crippen molar-refractivity contribution >= 4 is 11.9 Å². The number of carboxylic acids is 1. The van der Waals surface area contributed by atoms with Crippen LogP contribution in [0.2, 0.25) is 0 Å². The number of ether oxygens (including phenoxy) is 1. The zero-order valence-electron chi connectivity index (χ0n) is 10.7. The molecule has 0 aliphatic rings. The molecule has 0 spiro atoms. The Kier molecular flexibility index (Phi) is 4.31. The van der Waals surface area contributed by atoms with E-state index in [1.807, 2.05) is 0 Å². The second-order valence-corrected chi connectivity index (χ2v) is 3.97. The van der Waals surface area contributed by atoms with Gasteiger partial charge in [-0.15, -0.1) is 0 Å². The van der Waals surface area contributed by atoms with E-state index in [1.54, 1.807) is 31.2 Å². The summed E-state index contributed by atoms with van der Waals surface area (Å²) in [5.41, 5.74) is -0.869.